The molecule has 2 saturated heterocycles. The molecule has 3 amide bonds. The molecule has 2 fully saturated rings. The van der Waals surface area contributed by atoms with E-state index in [9.17, 15) is 14.7 Å². The zero-order chi connectivity index (χ0) is 25.4. The molecule has 1 aromatic rings. The summed E-state index contributed by atoms with van der Waals surface area (Å²) in [7, 11) is 0. The van der Waals surface area contributed by atoms with Crippen LogP contribution >= 0.6 is 31.9 Å². The van der Waals surface area contributed by atoms with Crippen molar-refractivity contribution < 1.29 is 14.7 Å². The fraction of sp³-hybridized carbons (Fsp3) is 0.556. The van der Waals surface area contributed by atoms with Gasteiger partial charge in [0.05, 0.1) is 6.04 Å². The number of carbonyl (C=O) groups excluding carboxylic acids is 2. The maximum atomic E-state index is 13.1. The quantitative estimate of drug-likeness (QED) is 0.454. The van der Waals surface area contributed by atoms with Crippen molar-refractivity contribution in [1.82, 2.24) is 15.1 Å². The van der Waals surface area contributed by atoms with Crippen LogP contribution in [0.2, 0.25) is 0 Å². The number of piperidine rings is 2. The molecule has 1 aliphatic carbocycles. The van der Waals surface area contributed by atoms with E-state index < -0.39 is 0 Å². The van der Waals surface area contributed by atoms with Crippen LogP contribution in [0.1, 0.15) is 55.6 Å². The van der Waals surface area contributed by atoms with Crippen molar-refractivity contribution in [2.24, 2.45) is 17.6 Å². The number of primary amides is 1. The first-order valence-electron chi connectivity index (χ1n) is 13.0. The summed E-state index contributed by atoms with van der Waals surface area (Å²) in [6.45, 7) is 2.85. The minimum absolute atomic E-state index is 0.205. The number of benzene rings is 1. The Morgan fingerprint density at radius 2 is 1.72 bits per heavy atom. The number of carbonyl (C=O) groups is 2. The topological polar surface area (TPSA) is 98.9 Å². The molecule has 194 valence electrons. The van der Waals surface area contributed by atoms with Crippen LogP contribution in [0, 0.1) is 11.8 Å². The summed E-state index contributed by atoms with van der Waals surface area (Å²) in [6.07, 6.45) is 10.3. The molecule has 0 saturated carbocycles. The molecular formula is C27H34Br2N4O3. The second-order valence-electron chi connectivity index (χ2n) is 10.6. The highest BCUT2D eigenvalue weighted by molar-refractivity contribution is 9.12. The maximum absolute atomic E-state index is 13.1. The monoisotopic (exact) mass is 620 g/mol. The standard InChI is InChI=1S/C27H34Br2N4O3/c28-20-12-19-2-1-18-13-21(34)14-22(29)24(18)25(26(19)31-15-20)17-5-9-32(10-6-17)23(35)11-16-3-7-33(8-4-16)27(30)36/h12-17,25-26,31,34H,1-11H2,(H2,30,36). The number of allylic oxidation sites excluding steroid dienone is 2. The van der Waals surface area contributed by atoms with Crippen LogP contribution in [0.5, 0.6) is 5.75 Å². The number of phenols is 1. The van der Waals surface area contributed by atoms with Crippen LogP contribution in [0.4, 0.5) is 4.79 Å². The van der Waals surface area contributed by atoms with Crippen molar-refractivity contribution in [3.63, 3.8) is 0 Å². The SMILES string of the molecule is NC(=O)N1CCC(CC(=O)N2CCC(C3c4c(Br)cc(O)cc4CCC4=CC(Br)=CNC43)CC2)CC1. The Morgan fingerprint density at radius 3 is 2.42 bits per heavy atom. The molecule has 1 aromatic carbocycles. The molecule has 9 heteroatoms. The number of nitrogens with zero attached hydrogens (tertiary/aromatic N) is 2. The normalized spacial score (nSPS) is 25.2. The minimum Gasteiger partial charge on any atom is -0.508 e. The number of hydrogen-bond donors (Lipinski definition) is 3. The van der Waals surface area contributed by atoms with Gasteiger partial charge in [0.1, 0.15) is 5.75 Å². The molecule has 2 atom stereocenters. The Hall–Kier alpha value is -2.00. The fourth-order valence-corrected chi connectivity index (χ4v) is 7.76. The first-order valence-corrected chi connectivity index (χ1v) is 14.5. The number of aromatic hydroxyl groups is 1. The molecule has 2 unspecified atom stereocenters. The molecule has 0 aromatic heterocycles. The van der Waals surface area contributed by atoms with Crippen LogP contribution in [0.3, 0.4) is 0 Å². The Morgan fingerprint density at radius 1 is 1.03 bits per heavy atom. The smallest absolute Gasteiger partial charge is 0.314 e. The van der Waals surface area contributed by atoms with Gasteiger partial charge in [0.25, 0.3) is 0 Å². The third-order valence-electron chi connectivity index (χ3n) is 8.49. The number of nitrogens with one attached hydrogen (secondary N) is 1. The van der Waals surface area contributed by atoms with E-state index in [0.717, 1.165) is 60.6 Å². The second kappa shape index (κ2) is 10.8. The van der Waals surface area contributed by atoms with Gasteiger partial charge in [0, 0.05) is 53.7 Å². The average molecular weight is 622 g/mol. The highest BCUT2D eigenvalue weighted by atomic mass is 79.9. The average Bonchev–Trinajstić information content (AvgIpc) is 3.01. The first-order chi connectivity index (χ1) is 17.3. The lowest BCUT2D eigenvalue weighted by atomic mass is 9.73. The van der Waals surface area contributed by atoms with E-state index in [1.165, 1.54) is 16.7 Å². The summed E-state index contributed by atoms with van der Waals surface area (Å²) in [6, 6.07) is 3.58. The predicted molar refractivity (Wildman–Crippen MR) is 147 cm³/mol. The molecule has 0 bridgehead atoms. The van der Waals surface area contributed by atoms with Crippen molar-refractivity contribution in [1.29, 1.82) is 0 Å². The van der Waals surface area contributed by atoms with Crippen molar-refractivity contribution in [2.45, 2.75) is 56.9 Å². The van der Waals surface area contributed by atoms with Crippen LogP contribution in [0.25, 0.3) is 0 Å². The van der Waals surface area contributed by atoms with Gasteiger partial charge in [-0.15, -0.1) is 0 Å². The van der Waals surface area contributed by atoms with E-state index in [1.807, 2.05) is 23.2 Å². The van der Waals surface area contributed by atoms with Crippen LogP contribution in [-0.4, -0.2) is 59.1 Å². The number of halogens is 2. The Bertz CT molecular complexity index is 1090. The summed E-state index contributed by atoms with van der Waals surface area (Å²) in [5.41, 5.74) is 9.29. The molecule has 3 aliphatic heterocycles. The summed E-state index contributed by atoms with van der Waals surface area (Å²) in [5.74, 6) is 1.55. The third kappa shape index (κ3) is 5.32. The van der Waals surface area contributed by atoms with Crippen LogP contribution < -0.4 is 11.1 Å². The number of rotatable bonds is 3. The zero-order valence-electron chi connectivity index (χ0n) is 20.4. The molecular weight excluding hydrogens is 588 g/mol. The number of nitrogens with two attached hydrogens (primary N) is 1. The van der Waals surface area contributed by atoms with E-state index >= 15 is 0 Å². The second-order valence-corrected chi connectivity index (χ2v) is 12.4. The highest BCUT2D eigenvalue weighted by Gasteiger charge is 2.40. The van der Waals surface area contributed by atoms with Gasteiger partial charge in [-0.2, -0.15) is 0 Å². The van der Waals surface area contributed by atoms with E-state index in [0.29, 0.717) is 37.1 Å². The van der Waals surface area contributed by atoms with Gasteiger partial charge < -0.3 is 26.0 Å². The Balaban J connectivity index is 1.28. The highest BCUT2D eigenvalue weighted by Crippen LogP contribution is 2.47. The van der Waals surface area contributed by atoms with Crippen molar-refractivity contribution in [3.05, 3.63) is 50.1 Å². The summed E-state index contributed by atoms with van der Waals surface area (Å²) in [5, 5.41) is 13.9. The Kier molecular flexibility index (Phi) is 7.67. The largest absolute Gasteiger partial charge is 0.508 e. The molecule has 3 heterocycles. The van der Waals surface area contributed by atoms with Gasteiger partial charge in [-0.25, -0.2) is 4.79 Å². The van der Waals surface area contributed by atoms with E-state index in [2.05, 4.69) is 43.3 Å². The Labute approximate surface area is 229 Å². The third-order valence-corrected chi connectivity index (χ3v) is 9.60. The molecule has 0 spiro atoms. The fourth-order valence-electron chi connectivity index (χ4n) is 6.58. The number of dihydropyridines is 1. The predicted octanol–water partition coefficient (Wildman–Crippen LogP) is 4.74. The lowest BCUT2D eigenvalue weighted by Crippen LogP contribution is -2.45. The lowest BCUT2D eigenvalue weighted by molar-refractivity contribution is -0.134. The van der Waals surface area contributed by atoms with Gasteiger partial charge in [-0.3, -0.25) is 4.79 Å². The molecule has 4 aliphatic rings. The van der Waals surface area contributed by atoms with Crippen LogP contribution in [0.15, 0.2) is 38.9 Å². The lowest BCUT2D eigenvalue weighted by Gasteiger charge is -2.41. The maximum Gasteiger partial charge on any atom is 0.314 e. The van der Waals surface area contributed by atoms with Gasteiger partial charge in [0.2, 0.25) is 5.91 Å². The van der Waals surface area contributed by atoms with E-state index in [-0.39, 0.29) is 23.9 Å². The number of amides is 3. The van der Waals surface area contributed by atoms with Gasteiger partial charge in [-0.05, 0) is 101 Å². The number of likely N-dealkylation sites (tertiary alicyclic amines) is 2. The number of urea groups is 1. The summed E-state index contributed by atoms with van der Waals surface area (Å²) in [4.78, 5) is 28.2. The van der Waals surface area contributed by atoms with Crippen LogP contribution in [-0.2, 0) is 11.2 Å². The van der Waals surface area contributed by atoms with Gasteiger partial charge in [-0.1, -0.05) is 15.9 Å². The van der Waals surface area contributed by atoms with Crippen molar-refractivity contribution >= 4 is 43.8 Å². The zero-order valence-corrected chi connectivity index (χ0v) is 23.6. The summed E-state index contributed by atoms with van der Waals surface area (Å²) >= 11 is 7.41. The number of aryl methyl sites for hydroxylation is 1. The number of phenolic OH excluding ortho intramolecular Hbond substituents is 1. The first kappa shape index (κ1) is 25.6. The van der Waals surface area contributed by atoms with Gasteiger partial charge >= 0.3 is 6.03 Å². The van der Waals surface area contributed by atoms with Crippen molar-refractivity contribution in [2.75, 3.05) is 26.2 Å². The van der Waals surface area contributed by atoms with Crippen molar-refractivity contribution in [3.8, 4) is 5.75 Å². The summed E-state index contributed by atoms with van der Waals surface area (Å²) < 4.78 is 2.03. The minimum atomic E-state index is -0.364. The molecule has 4 N–H and O–H groups in total. The molecule has 0 radical (unpaired) electrons. The molecule has 7 nitrogen and oxygen atoms in total. The van der Waals surface area contributed by atoms with E-state index in [4.69, 9.17) is 5.73 Å². The molecule has 5 rings (SSSR count). The molecule has 36 heavy (non-hydrogen) atoms. The van der Waals surface area contributed by atoms with Gasteiger partial charge in [0.15, 0.2) is 0 Å². The van der Waals surface area contributed by atoms with E-state index in [1.54, 1.807) is 4.90 Å². The number of hydrogen-bond acceptors (Lipinski definition) is 4. The number of fused-ring (bicyclic) bond motifs is 2.